The van der Waals surface area contributed by atoms with Gasteiger partial charge in [-0.25, -0.2) is 0 Å². The maximum Gasteiger partial charge on any atom is 0.231 e. The average molecular weight is 358 g/mol. The normalized spacial score (nSPS) is 23.5. The third kappa shape index (κ3) is 3.69. The van der Waals surface area contributed by atoms with Gasteiger partial charge in [0.05, 0.1) is 7.11 Å². The quantitative estimate of drug-likeness (QED) is 0.817. The first-order valence-electron chi connectivity index (χ1n) is 9.93. The Morgan fingerprint density at radius 2 is 1.92 bits per heavy atom. The average Bonchev–Trinajstić information content (AvgIpc) is 3.11. The molecule has 2 fully saturated rings. The minimum absolute atomic E-state index is 0.429. The Balaban J connectivity index is 1.33. The van der Waals surface area contributed by atoms with E-state index in [0.717, 1.165) is 43.4 Å². The lowest BCUT2D eigenvalue weighted by Crippen LogP contribution is -2.41. The molecule has 4 rings (SSSR count). The van der Waals surface area contributed by atoms with Crippen molar-refractivity contribution in [3.63, 3.8) is 0 Å². The summed E-state index contributed by atoms with van der Waals surface area (Å²) in [7, 11) is 3.92. The lowest BCUT2D eigenvalue weighted by atomic mass is 9.95. The lowest BCUT2D eigenvalue weighted by molar-refractivity contribution is 0.141. The third-order valence-electron chi connectivity index (χ3n) is 6.12. The zero-order valence-electron chi connectivity index (χ0n) is 16.0. The van der Waals surface area contributed by atoms with Gasteiger partial charge in [-0.05, 0) is 71.4 Å². The number of methoxy groups -OCH3 is 1. The SMILES string of the molecule is COc1ccc2nnc(C3CCN(CCC4CCCCN4C)CC3)n2n1. The summed E-state index contributed by atoms with van der Waals surface area (Å²) in [4.78, 5) is 5.17. The van der Waals surface area contributed by atoms with Crippen LogP contribution in [0, 0.1) is 0 Å². The highest BCUT2D eigenvalue weighted by Gasteiger charge is 2.26. The zero-order valence-corrected chi connectivity index (χ0v) is 16.0. The summed E-state index contributed by atoms with van der Waals surface area (Å²) in [6, 6.07) is 4.52. The summed E-state index contributed by atoms with van der Waals surface area (Å²) in [5.74, 6) is 2.01. The minimum Gasteiger partial charge on any atom is -0.480 e. The van der Waals surface area contributed by atoms with Gasteiger partial charge < -0.3 is 14.5 Å². The zero-order chi connectivity index (χ0) is 17.9. The Bertz CT molecular complexity index is 724. The summed E-state index contributed by atoms with van der Waals surface area (Å²) in [5, 5.41) is 13.2. The summed E-state index contributed by atoms with van der Waals surface area (Å²) in [6.07, 6.45) is 7.68. The highest BCUT2D eigenvalue weighted by atomic mass is 16.5. The van der Waals surface area contributed by atoms with E-state index in [1.165, 1.54) is 38.8 Å². The fourth-order valence-corrected chi connectivity index (χ4v) is 4.41. The molecule has 2 saturated heterocycles. The Morgan fingerprint density at radius 1 is 1.08 bits per heavy atom. The standard InChI is InChI=1S/C19H30N6O/c1-23-11-4-3-5-16(23)10-14-24-12-8-15(9-13-24)19-21-20-17-6-7-18(26-2)22-25(17)19/h6-7,15-16H,3-5,8-14H2,1-2H3. The first kappa shape index (κ1) is 17.7. The molecule has 1 unspecified atom stereocenters. The van der Waals surface area contributed by atoms with Crippen LogP contribution in [0.5, 0.6) is 5.88 Å². The topological polar surface area (TPSA) is 58.8 Å². The number of hydrogen-bond donors (Lipinski definition) is 0. The predicted molar refractivity (Wildman–Crippen MR) is 101 cm³/mol. The number of aromatic nitrogens is 4. The highest BCUT2D eigenvalue weighted by Crippen LogP contribution is 2.28. The van der Waals surface area contributed by atoms with Crippen molar-refractivity contribution >= 4 is 5.65 Å². The first-order chi connectivity index (χ1) is 12.7. The molecule has 2 aliphatic heterocycles. The minimum atomic E-state index is 0.429. The van der Waals surface area contributed by atoms with Crippen LogP contribution in [-0.2, 0) is 0 Å². The smallest absolute Gasteiger partial charge is 0.231 e. The van der Waals surface area contributed by atoms with Crippen molar-refractivity contribution in [3.05, 3.63) is 18.0 Å². The van der Waals surface area contributed by atoms with Crippen LogP contribution in [-0.4, -0.2) is 76.0 Å². The molecule has 7 heteroatoms. The van der Waals surface area contributed by atoms with Gasteiger partial charge in [0.15, 0.2) is 11.5 Å². The fourth-order valence-electron chi connectivity index (χ4n) is 4.41. The number of fused-ring (bicyclic) bond motifs is 1. The van der Waals surface area contributed by atoms with Crippen LogP contribution in [0.15, 0.2) is 12.1 Å². The van der Waals surface area contributed by atoms with Crippen LogP contribution in [0.4, 0.5) is 0 Å². The van der Waals surface area contributed by atoms with Gasteiger partial charge in [-0.15, -0.1) is 15.3 Å². The Hall–Kier alpha value is -1.73. The molecule has 0 N–H and O–H groups in total. The van der Waals surface area contributed by atoms with Crippen molar-refractivity contribution in [1.29, 1.82) is 0 Å². The summed E-state index contributed by atoms with van der Waals surface area (Å²) >= 11 is 0. The molecule has 2 aromatic rings. The number of hydrogen-bond acceptors (Lipinski definition) is 6. The second kappa shape index (κ2) is 7.88. The molecule has 142 valence electrons. The summed E-state index contributed by atoms with van der Waals surface area (Å²) < 4.78 is 7.11. The molecule has 0 saturated carbocycles. The van der Waals surface area contributed by atoms with E-state index in [4.69, 9.17) is 4.74 Å². The van der Waals surface area contributed by atoms with Crippen LogP contribution in [0.3, 0.4) is 0 Å². The van der Waals surface area contributed by atoms with Crippen molar-refractivity contribution in [2.45, 2.75) is 50.5 Å². The van der Waals surface area contributed by atoms with Gasteiger partial charge in [0.25, 0.3) is 0 Å². The van der Waals surface area contributed by atoms with E-state index in [-0.39, 0.29) is 0 Å². The number of likely N-dealkylation sites (tertiary alicyclic amines) is 2. The molecule has 0 aromatic carbocycles. The van der Waals surface area contributed by atoms with E-state index >= 15 is 0 Å². The fraction of sp³-hybridized carbons (Fsp3) is 0.737. The maximum absolute atomic E-state index is 5.25. The number of nitrogens with zero attached hydrogens (tertiary/aromatic N) is 6. The lowest BCUT2D eigenvalue weighted by Gasteiger charge is -2.36. The van der Waals surface area contributed by atoms with E-state index in [1.54, 1.807) is 7.11 Å². The van der Waals surface area contributed by atoms with Crippen LogP contribution >= 0.6 is 0 Å². The van der Waals surface area contributed by atoms with Crippen molar-refractivity contribution in [2.24, 2.45) is 0 Å². The van der Waals surface area contributed by atoms with Gasteiger partial charge in [0, 0.05) is 18.0 Å². The second-order valence-electron chi connectivity index (χ2n) is 7.74. The highest BCUT2D eigenvalue weighted by molar-refractivity contribution is 5.38. The molecule has 2 aromatic heterocycles. The van der Waals surface area contributed by atoms with Crippen molar-refractivity contribution < 1.29 is 4.74 Å². The Morgan fingerprint density at radius 3 is 2.69 bits per heavy atom. The van der Waals surface area contributed by atoms with Crippen molar-refractivity contribution in [1.82, 2.24) is 29.6 Å². The van der Waals surface area contributed by atoms with E-state index in [1.807, 2.05) is 16.6 Å². The molecular formula is C19H30N6O. The van der Waals surface area contributed by atoms with Gasteiger partial charge in [0.1, 0.15) is 0 Å². The molecule has 0 amide bonds. The van der Waals surface area contributed by atoms with Crippen LogP contribution in [0.25, 0.3) is 5.65 Å². The van der Waals surface area contributed by atoms with Gasteiger partial charge in [-0.3, -0.25) is 0 Å². The maximum atomic E-state index is 5.25. The molecule has 0 radical (unpaired) electrons. The largest absolute Gasteiger partial charge is 0.480 e. The van der Waals surface area contributed by atoms with Gasteiger partial charge >= 0.3 is 0 Å². The van der Waals surface area contributed by atoms with Gasteiger partial charge in [-0.1, -0.05) is 6.42 Å². The molecule has 2 aliphatic rings. The molecule has 0 aliphatic carbocycles. The summed E-state index contributed by atoms with van der Waals surface area (Å²) in [6.45, 7) is 4.76. The molecule has 1 atom stereocenters. The van der Waals surface area contributed by atoms with E-state index < -0.39 is 0 Å². The molecule has 4 heterocycles. The summed E-state index contributed by atoms with van der Waals surface area (Å²) in [5.41, 5.74) is 0.795. The predicted octanol–water partition coefficient (Wildman–Crippen LogP) is 2.19. The molecule has 26 heavy (non-hydrogen) atoms. The van der Waals surface area contributed by atoms with Crippen molar-refractivity contribution in [2.75, 3.05) is 40.3 Å². The first-order valence-corrected chi connectivity index (χ1v) is 9.93. The van der Waals surface area contributed by atoms with Crippen molar-refractivity contribution in [3.8, 4) is 5.88 Å². The van der Waals surface area contributed by atoms with Crippen LogP contribution < -0.4 is 4.74 Å². The second-order valence-corrected chi connectivity index (χ2v) is 7.74. The Kier molecular flexibility index (Phi) is 5.36. The van der Waals surface area contributed by atoms with Gasteiger partial charge in [-0.2, -0.15) is 4.52 Å². The van der Waals surface area contributed by atoms with Crippen LogP contribution in [0.2, 0.25) is 0 Å². The van der Waals surface area contributed by atoms with Gasteiger partial charge in [0.2, 0.25) is 5.88 Å². The number of piperidine rings is 2. The molecular weight excluding hydrogens is 328 g/mol. The monoisotopic (exact) mass is 358 g/mol. The Labute approximate surface area is 155 Å². The number of rotatable bonds is 5. The molecule has 0 spiro atoms. The molecule has 0 bridgehead atoms. The van der Waals surface area contributed by atoms with E-state index in [0.29, 0.717) is 11.8 Å². The number of ether oxygens (including phenoxy) is 1. The van der Waals surface area contributed by atoms with E-state index in [2.05, 4.69) is 32.1 Å². The molecule has 7 nitrogen and oxygen atoms in total. The third-order valence-corrected chi connectivity index (χ3v) is 6.12. The van der Waals surface area contributed by atoms with Crippen LogP contribution in [0.1, 0.15) is 50.3 Å². The van der Waals surface area contributed by atoms with E-state index in [9.17, 15) is 0 Å².